The quantitative estimate of drug-likeness (QED) is 0.757. The van der Waals surface area contributed by atoms with Crippen LogP contribution in [0.25, 0.3) is 0 Å². The molecule has 0 saturated carbocycles. The fourth-order valence-electron chi connectivity index (χ4n) is 4.41. The average molecular weight is 417 g/mol. The average Bonchev–Trinajstić information content (AvgIpc) is 2.92. The highest BCUT2D eigenvalue weighted by atomic mass is 19.1. The highest BCUT2D eigenvalue weighted by molar-refractivity contribution is 5.76. The maximum atomic E-state index is 14.0. The molecule has 4 rings (SSSR count). The Morgan fingerprint density at radius 1 is 0.833 bits per heavy atom. The molecule has 0 N–H and O–H groups in total. The van der Waals surface area contributed by atoms with Crippen molar-refractivity contribution in [3.05, 3.63) is 65.5 Å². The molecular formula is C23H26F3N3O. The second-order valence-corrected chi connectivity index (χ2v) is 8.03. The van der Waals surface area contributed by atoms with Crippen molar-refractivity contribution in [1.82, 2.24) is 9.80 Å². The molecule has 2 aromatic carbocycles. The standard InChI is InChI=1S/C23H26F3N3O/c24-18-3-5-20(6-4-18)27-11-13-28(14-12-27)21-7-8-23(30)29(10-9-21)16-17-1-2-19(25)15-22(17)26/h1-6,15,21H,7-14,16H2. The lowest BCUT2D eigenvalue weighted by Gasteiger charge is -2.40. The van der Waals surface area contributed by atoms with Gasteiger partial charge in [0.25, 0.3) is 0 Å². The molecule has 2 aromatic rings. The van der Waals surface area contributed by atoms with Gasteiger partial charge in [0, 0.05) is 69.0 Å². The second-order valence-electron chi connectivity index (χ2n) is 8.03. The Hall–Kier alpha value is -2.54. The van der Waals surface area contributed by atoms with E-state index in [0.29, 0.717) is 24.6 Å². The van der Waals surface area contributed by atoms with E-state index < -0.39 is 11.6 Å². The fraction of sp³-hybridized carbons (Fsp3) is 0.435. The van der Waals surface area contributed by atoms with Crippen LogP contribution in [0.4, 0.5) is 18.9 Å². The van der Waals surface area contributed by atoms with Gasteiger partial charge in [-0.05, 0) is 43.2 Å². The van der Waals surface area contributed by atoms with Gasteiger partial charge in [-0.15, -0.1) is 0 Å². The molecule has 7 heteroatoms. The Kier molecular flexibility index (Phi) is 6.27. The molecule has 0 spiro atoms. The maximum Gasteiger partial charge on any atom is 0.222 e. The van der Waals surface area contributed by atoms with E-state index in [9.17, 15) is 18.0 Å². The molecule has 2 saturated heterocycles. The highest BCUT2D eigenvalue weighted by Crippen LogP contribution is 2.23. The summed E-state index contributed by atoms with van der Waals surface area (Å²) in [5.41, 5.74) is 1.37. The van der Waals surface area contributed by atoms with E-state index in [2.05, 4.69) is 9.80 Å². The SMILES string of the molecule is O=C1CCC(N2CCN(c3ccc(F)cc3)CC2)CCN1Cc1ccc(F)cc1F. The van der Waals surface area contributed by atoms with E-state index in [4.69, 9.17) is 0 Å². The molecule has 0 bridgehead atoms. The first-order valence-electron chi connectivity index (χ1n) is 10.5. The van der Waals surface area contributed by atoms with E-state index in [1.807, 2.05) is 12.1 Å². The number of amides is 1. The van der Waals surface area contributed by atoms with E-state index in [1.54, 1.807) is 4.90 Å². The molecule has 0 aromatic heterocycles. The van der Waals surface area contributed by atoms with Crippen LogP contribution < -0.4 is 4.90 Å². The van der Waals surface area contributed by atoms with Crippen molar-refractivity contribution in [3.63, 3.8) is 0 Å². The zero-order valence-corrected chi connectivity index (χ0v) is 16.9. The van der Waals surface area contributed by atoms with Gasteiger partial charge in [-0.25, -0.2) is 13.2 Å². The van der Waals surface area contributed by atoms with Crippen LogP contribution in [0, 0.1) is 17.5 Å². The predicted molar refractivity (Wildman–Crippen MR) is 110 cm³/mol. The number of rotatable bonds is 4. The molecule has 1 atom stereocenters. The molecule has 2 fully saturated rings. The summed E-state index contributed by atoms with van der Waals surface area (Å²) in [6.07, 6.45) is 2.06. The third kappa shape index (κ3) is 4.78. The normalized spacial score (nSPS) is 21.0. The van der Waals surface area contributed by atoms with Crippen LogP contribution in [-0.2, 0) is 11.3 Å². The molecule has 0 radical (unpaired) electrons. The minimum absolute atomic E-state index is 0.0196. The number of carbonyl (C=O) groups is 1. The van der Waals surface area contributed by atoms with E-state index in [-0.39, 0.29) is 18.3 Å². The van der Waals surface area contributed by atoms with Crippen LogP contribution in [0.2, 0.25) is 0 Å². The summed E-state index contributed by atoms with van der Waals surface area (Å²) in [4.78, 5) is 18.9. The summed E-state index contributed by atoms with van der Waals surface area (Å²) in [6.45, 7) is 4.25. The maximum absolute atomic E-state index is 14.0. The number of hydrogen-bond donors (Lipinski definition) is 0. The third-order valence-corrected chi connectivity index (χ3v) is 6.18. The molecule has 2 aliphatic rings. The zero-order valence-electron chi connectivity index (χ0n) is 16.9. The number of carbonyl (C=O) groups excluding carboxylic acids is 1. The molecule has 30 heavy (non-hydrogen) atoms. The number of likely N-dealkylation sites (tertiary alicyclic amines) is 1. The molecule has 0 aliphatic carbocycles. The second kappa shape index (κ2) is 9.08. The summed E-state index contributed by atoms with van der Waals surface area (Å²) in [5.74, 6) is -1.43. The smallest absolute Gasteiger partial charge is 0.222 e. The molecule has 1 amide bonds. The van der Waals surface area contributed by atoms with Crippen molar-refractivity contribution in [2.24, 2.45) is 0 Å². The Morgan fingerprint density at radius 2 is 1.53 bits per heavy atom. The number of halogens is 3. The van der Waals surface area contributed by atoms with E-state index in [0.717, 1.165) is 50.8 Å². The van der Waals surface area contributed by atoms with Crippen LogP contribution in [0.15, 0.2) is 42.5 Å². The highest BCUT2D eigenvalue weighted by Gasteiger charge is 2.29. The van der Waals surface area contributed by atoms with E-state index >= 15 is 0 Å². The Bertz CT molecular complexity index is 882. The van der Waals surface area contributed by atoms with Gasteiger partial charge >= 0.3 is 0 Å². The minimum Gasteiger partial charge on any atom is -0.369 e. The van der Waals surface area contributed by atoms with Crippen LogP contribution in [0.1, 0.15) is 24.8 Å². The van der Waals surface area contributed by atoms with Gasteiger partial charge in [-0.2, -0.15) is 0 Å². The topological polar surface area (TPSA) is 26.8 Å². The monoisotopic (exact) mass is 417 g/mol. The molecule has 4 nitrogen and oxygen atoms in total. The van der Waals surface area contributed by atoms with Gasteiger partial charge in [0.1, 0.15) is 17.5 Å². The van der Waals surface area contributed by atoms with Crippen LogP contribution in [0.3, 0.4) is 0 Å². The molecule has 2 aliphatic heterocycles. The van der Waals surface area contributed by atoms with Crippen molar-refractivity contribution < 1.29 is 18.0 Å². The van der Waals surface area contributed by atoms with Crippen LogP contribution in [-0.4, -0.2) is 54.5 Å². The lowest BCUT2D eigenvalue weighted by Crippen LogP contribution is -2.50. The Balaban J connectivity index is 1.32. The lowest BCUT2D eigenvalue weighted by molar-refractivity contribution is -0.131. The summed E-state index contributed by atoms with van der Waals surface area (Å²) < 4.78 is 40.3. The van der Waals surface area contributed by atoms with Gasteiger partial charge in [-0.1, -0.05) is 6.07 Å². The van der Waals surface area contributed by atoms with Crippen LogP contribution in [0.5, 0.6) is 0 Å². The van der Waals surface area contributed by atoms with Crippen molar-refractivity contribution in [1.29, 1.82) is 0 Å². The molecule has 160 valence electrons. The number of nitrogens with zero attached hydrogens (tertiary/aromatic N) is 3. The first kappa shape index (κ1) is 20.7. The predicted octanol–water partition coefficient (Wildman–Crippen LogP) is 3.81. The summed E-state index contributed by atoms with van der Waals surface area (Å²) >= 11 is 0. The van der Waals surface area contributed by atoms with Gasteiger partial charge in [0.2, 0.25) is 5.91 Å². The first-order chi connectivity index (χ1) is 14.5. The van der Waals surface area contributed by atoms with Crippen LogP contribution >= 0.6 is 0 Å². The molecular weight excluding hydrogens is 391 g/mol. The lowest BCUT2D eigenvalue weighted by atomic mass is 10.1. The van der Waals surface area contributed by atoms with Gasteiger partial charge in [0.15, 0.2) is 0 Å². The Labute approximate surface area is 174 Å². The summed E-state index contributed by atoms with van der Waals surface area (Å²) in [5, 5.41) is 0. The van der Waals surface area contributed by atoms with Crippen molar-refractivity contribution in [2.45, 2.75) is 31.8 Å². The summed E-state index contributed by atoms with van der Waals surface area (Å²) in [7, 11) is 0. The number of piperazine rings is 1. The third-order valence-electron chi connectivity index (χ3n) is 6.18. The van der Waals surface area contributed by atoms with Gasteiger partial charge in [-0.3, -0.25) is 9.69 Å². The molecule has 2 heterocycles. The van der Waals surface area contributed by atoms with Crippen molar-refractivity contribution >= 4 is 11.6 Å². The number of hydrogen-bond acceptors (Lipinski definition) is 3. The van der Waals surface area contributed by atoms with Gasteiger partial charge < -0.3 is 9.80 Å². The zero-order chi connectivity index (χ0) is 21.1. The summed E-state index contributed by atoms with van der Waals surface area (Å²) in [6, 6.07) is 10.4. The minimum atomic E-state index is -0.613. The van der Waals surface area contributed by atoms with Crippen molar-refractivity contribution in [3.8, 4) is 0 Å². The fourth-order valence-corrected chi connectivity index (χ4v) is 4.41. The molecule has 1 unspecified atom stereocenters. The Morgan fingerprint density at radius 3 is 2.23 bits per heavy atom. The van der Waals surface area contributed by atoms with E-state index in [1.165, 1.54) is 24.3 Å². The largest absolute Gasteiger partial charge is 0.369 e. The number of benzene rings is 2. The van der Waals surface area contributed by atoms with Gasteiger partial charge in [0.05, 0.1) is 0 Å². The van der Waals surface area contributed by atoms with Crippen molar-refractivity contribution in [2.75, 3.05) is 37.6 Å². The first-order valence-corrected chi connectivity index (χ1v) is 10.5. The number of anilines is 1.